The van der Waals surface area contributed by atoms with E-state index in [1.54, 1.807) is 0 Å². The molecule has 0 saturated heterocycles. The van der Waals surface area contributed by atoms with Gasteiger partial charge in [-0.2, -0.15) is 0 Å². The summed E-state index contributed by atoms with van der Waals surface area (Å²) in [6.45, 7) is 3.00. The van der Waals surface area contributed by atoms with Crippen LogP contribution in [0.1, 0.15) is 48.8 Å². The number of hydrogen-bond acceptors (Lipinski definition) is 5. The fourth-order valence-electron chi connectivity index (χ4n) is 3.85. The maximum absolute atomic E-state index is 4.36. The summed E-state index contributed by atoms with van der Waals surface area (Å²) in [6.07, 6.45) is 6.74. The van der Waals surface area contributed by atoms with E-state index in [1.165, 1.54) is 37.0 Å². The molecule has 2 aliphatic rings. The average molecular weight is 303 g/mol. The van der Waals surface area contributed by atoms with Gasteiger partial charge in [-0.25, -0.2) is 4.68 Å². The van der Waals surface area contributed by atoms with Crippen molar-refractivity contribution < 1.29 is 0 Å². The van der Waals surface area contributed by atoms with Crippen molar-refractivity contribution in [3.05, 3.63) is 28.2 Å². The topological polar surface area (TPSA) is 46.8 Å². The van der Waals surface area contributed by atoms with Gasteiger partial charge >= 0.3 is 0 Å². The third-order valence-corrected chi connectivity index (χ3v) is 5.71. The standard InChI is InChI=1S/C15H21N5S/c1-2-5-12(6-3-1)14-15-16-17-18-20(15)9-8-19(14)11-13-7-4-10-21-13/h4,7,10,12,14H,1-3,5-6,8-9,11H2/t14-/m0/s1. The van der Waals surface area contributed by atoms with Gasteiger partial charge in [0.2, 0.25) is 0 Å². The third-order valence-electron chi connectivity index (χ3n) is 4.85. The van der Waals surface area contributed by atoms with Gasteiger partial charge in [0.05, 0.1) is 12.6 Å². The first-order valence-corrected chi connectivity index (χ1v) is 8.82. The smallest absolute Gasteiger partial charge is 0.168 e. The minimum atomic E-state index is 0.399. The molecule has 1 fully saturated rings. The summed E-state index contributed by atoms with van der Waals surface area (Å²) in [5.74, 6) is 1.80. The Morgan fingerprint density at radius 2 is 2.10 bits per heavy atom. The van der Waals surface area contributed by atoms with Crippen LogP contribution in [-0.2, 0) is 13.1 Å². The van der Waals surface area contributed by atoms with E-state index in [9.17, 15) is 0 Å². The second kappa shape index (κ2) is 5.85. The van der Waals surface area contributed by atoms with Crippen molar-refractivity contribution in [3.63, 3.8) is 0 Å². The van der Waals surface area contributed by atoms with Gasteiger partial charge in [0.1, 0.15) is 0 Å². The Morgan fingerprint density at radius 1 is 1.19 bits per heavy atom. The molecule has 3 heterocycles. The van der Waals surface area contributed by atoms with Crippen LogP contribution in [0.15, 0.2) is 17.5 Å². The van der Waals surface area contributed by atoms with Gasteiger partial charge < -0.3 is 0 Å². The molecule has 4 rings (SSSR count). The van der Waals surface area contributed by atoms with Crippen LogP contribution in [0.3, 0.4) is 0 Å². The molecule has 0 aromatic carbocycles. The zero-order chi connectivity index (χ0) is 14.1. The first-order valence-electron chi connectivity index (χ1n) is 7.94. The summed E-state index contributed by atoms with van der Waals surface area (Å²) in [5, 5.41) is 14.6. The van der Waals surface area contributed by atoms with E-state index >= 15 is 0 Å². The van der Waals surface area contributed by atoms with Gasteiger partial charge in [-0.1, -0.05) is 25.3 Å². The highest BCUT2D eigenvalue weighted by Gasteiger charge is 2.36. The van der Waals surface area contributed by atoms with Crippen molar-refractivity contribution in [2.45, 2.75) is 51.2 Å². The first-order chi connectivity index (χ1) is 10.4. The van der Waals surface area contributed by atoms with E-state index in [0.29, 0.717) is 12.0 Å². The number of aromatic nitrogens is 4. The van der Waals surface area contributed by atoms with Crippen molar-refractivity contribution in [2.75, 3.05) is 6.54 Å². The van der Waals surface area contributed by atoms with Crippen molar-refractivity contribution >= 4 is 11.3 Å². The van der Waals surface area contributed by atoms with E-state index in [2.05, 4.69) is 37.9 Å². The fraction of sp³-hybridized carbons (Fsp3) is 0.667. The maximum Gasteiger partial charge on any atom is 0.168 e. The van der Waals surface area contributed by atoms with Crippen molar-refractivity contribution in [1.82, 2.24) is 25.1 Å². The van der Waals surface area contributed by atoms with E-state index in [1.807, 2.05) is 16.0 Å². The lowest BCUT2D eigenvalue weighted by Gasteiger charge is -2.40. The molecule has 0 spiro atoms. The molecule has 112 valence electrons. The molecular weight excluding hydrogens is 282 g/mol. The molecule has 0 amide bonds. The molecule has 1 atom stereocenters. The maximum atomic E-state index is 4.36. The number of thiophene rings is 1. The van der Waals surface area contributed by atoms with Crippen LogP contribution in [0.2, 0.25) is 0 Å². The Labute approximate surface area is 129 Å². The lowest BCUT2D eigenvalue weighted by molar-refractivity contribution is 0.0740. The van der Waals surface area contributed by atoms with Crippen molar-refractivity contribution in [2.24, 2.45) is 5.92 Å². The number of rotatable bonds is 3. The summed E-state index contributed by atoms with van der Waals surface area (Å²) in [4.78, 5) is 4.05. The summed E-state index contributed by atoms with van der Waals surface area (Å²) in [6, 6.07) is 4.78. The van der Waals surface area contributed by atoms with E-state index in [-0.39, 0.29) is 0 Å². The highest BCUT2D eigenvalue weighted by atomic mass is 32.1. The third kappa shape index (κ3) is 2.62. The molecule has 2 aromatic rings. The molecule has 2 aromatic heterocycles. The minimum Gasteiger partial charge on any atom is -0.286 e. The largest absolute Gasteiger partial charge is 0.286 e. The molecule has 5 nitrogen and oxygen atoms in total. The Balaban J connectivity index is 1.62. The van der Waals surface area contributed by atoms with Crippen LogP contribution in [0.4, 0.5) is 0 Å². The number of fused-ring (bicyclic) bond motifs is 1. The second-order valence-corrected chi connectivity index (χ2v) is 7.19. The van der Waals surface area contributed by atoms with E-state index < -0.39 is 0 Å². The van der Waals surface area contributed by atoms with Crippen LogP contribution in [0.25, 0.3) is 0 Å². The molecular formula is C15H21N5S. The summed E-state index contributed by atoms with van der Waals surface area (Å²) in [7, 11) is 0. The van der Waals surface area contributed by atoms with Gasteiger partial charge in [-0.3, -0.25) is 4.90 Å². The van der Waals surface area contributed by atoms with Crippen LogP contribution < -0.4 is 0 Å². The summed E-state index contributed by atoms with van der Waals surface area (Å²) >= 11 is 1.85. The molecule has 1 aliphatic carbocycles. The van der Waals surface area contributed by atoms with Crippen LogP contribution in [-0.4, -0.2) is 31.7 Å². The zero-order valence-corrected chi connectivity index (χ0v) is 13.0. The number of hydrogen-bond donors (Lipinski definition) is 0. The van der Waals surface area contributed by atoms with Gasteiger partial charge in [-0.15, -0.1) is 16.4 Å². The number of nitrogens with zero attached hydrogens (tertiary/aromatic N) is 5. The Kier molecular flexibility index (Phi) is 3.73. The summed E-state index contributed by atoms with van der Waals surface area (Å²) in [5.41, 5.74) is 0. The predicted octanol–water partition coefficient (Wildman–Crippen LogP) is 2.87. The van der Waals surface area contributed by atoms with Crippen molar-refractivity contribution in [1.29, 1.82) is 0 Å². The Morgan fingerprint density at radius 3 is 2.90 bits per heavy atom. The molecule has 0 radical (unpaired) electrons. The second-order valence-electron chi connectivity index (χ2n) is 6.15. The average Bonchev–Trinajstić information content (AvgIpc) is 3.19. The normalized spacial score (nSPS) is 24.1. The van der Waals surface area contributed by atoms with Gasteiger partial charge in [0, 0.05) is 18.0 Å². The molecule has 1 saturated carbocycles. The first kappa shape index (κ1) is 13.4. The van der Waals surface area contributed by atoms with E-state index in [4.69, 9.17) is 0 Å². The number of tetrazole rings is 1. The fourth-order valence-corrected chi connectivity index (χ4v) is 4.58. The molecule has 21 heavy (non-hydrogen) atoms. The van der Waals surface area contributed by atoms with Gasteiger partial charge in [-0.05, 0) is 40.6 Å². The van der Waals surface area contributed by atoms with Crippen LogP contribution >= 0.6 is 11.3 Å². The highest BCUT2D eigenvalue weighted by Crippen LogP contribution is 2.39. The Bertz CT molecular complexity index is 573. The zero-order valence-electron chi connectivity index (χ0n) is 12.2. The van der Waals surface area contributed by atoms with Crippen molar-refractivity contribution in [3.8, 4) is 0 Å². The Hall–Kier alpha value is -1.27. The quantitative estimate of drug-likeness (QED) is 0.875. The SMILES string of the molecule is c1csc(CN2CCn3nnnc3[C@@H]2C2CCCCC2)c1. The molecule has 0 bridgehead atoms. The highest BCUT2D eigenvalue weighted by molar-refractivity contribution is 7.09. The minimum absolute atomic E-state index is 0.399. The molecule has 6 heteroatoms. The monoisotopic (exact) mass is 303 g/mol. The molecule has 0 N–H and O–H groups in total. The predicted molar refractivity (Wildman–Crippen MR) is 81.9 cm³/mol. The van der Waals surface area contributed by atoms with Crippen LogP contribution in [0.5, 0.6) is 0 Å². The summed E-state index contributed by atoms with van der Waals surface area (Å²) < 4.78 is 2.02. The van der Waals surface area contributed by atoms with E-state index in [0.717, 1.165) is 25.5 Å². The van der Waals surface area contributed by atoms with Gasteiger partial charge in [0.15, 0.2) is 5.82 Å². The lowest BCUT2D eigenvalue weighted by atomic mass is 9.82. The van der Waals surface area contributed by atoms with Gasteiger partial charge in [0.25, 0.3) is 0 Å². The molecule has 0 unspecified atom stereocenters. The molecule has 1 aliphatic heterocycles. The van der Waals surface area contributed by atoms with Crippen LogP contribution in [0, 0.1) is 5.92 Å². The lowest BCUT2D eigenvalue weighted by Crippen LogP contribution is -2.42.